The lowest BCUT2D eigenvalue weighted by molar-refractivity contribution is 0.236. The maximum Gasteiger partial charge on any atom is 0.0496 e. The molecular weight excluding hydrogens is 267 g/mol. The molecule has 0 radical (unpaired) electrons. The number of rotatable bonds is 6. The second-order valence-electron chi connectivity index (χ2n) is 5.05. The van der Waals surface area contributed by atoms with Gasteiger partial charge in [-0.05, 0) is 38.1 Å². The van der Waals surface area contributed by atoms with Crippen molar-refractivity contribution in [3.8, 4) is 0 Å². The molecule has 18 heavy (non-hydrogen) atoms. The Kier molecular flexibility index (Phi) is 6.44. The van der Waals surface area contributed by atoms with Gasteiger partial charge >= 0.3 is 0 Å². The second kappa shape index (κ2) is 7.34. The Labute approximate surface area is 120 Å². The lowest BCUT2D eigenvalue weighted by Gasteiger charge is -2.29. The summed E-state index contributed by atoms with van der Waals surface area (Å²) >= 11 is 12.5. The van der Waals surface area contributed by atoms with E-state index in [1.165, 1.54) is 0 Å². The molecule has 0 saturated heterocycles. The summed E-state index contributed by atoms with van der Waals surface area (Å²) in [7, 11) is 2.07. The van der Waals surface area contributed by atoms with E-state index in [-0.39, 0.29) is 6.04 Å². The Hall–Kier alpha value is -0.280. The number of nitrogens with zero attached hydrogens (tertiary/aromatic N) is 1. The topological polar surface area (TPSA) is 29.3 Å². The molecule has 1 atom stereocenters. The summed E-state index contributed by atoms with van der Waals surface area (Å²) in [6.45, 7) is 5.93. The number of hydrogen-bond acceptors (Lipinski definition) is 2. The highest BCUT2D eigenvalue weighted by atomic mass is 35.5. The van der Waals surface area contributed by atoms with Crippen molar-refractivity contribution in [2.75, 3.05) is 20.1 Å². The van der Waals surface area contributed by atoms with Crippen molar-refractivity contribution in [1.82, 2.24) is 4.90 Å². The van der Waals surface area contributed by atoms with E-state index < -0.39 is 0 Å². The summed E-state index contributed by atoms with van der Waals surface area (Å²) in [5, 5.41) is 1.38. The fourth-order valence-corrected chi connectivity index (χ4v) is 2.61. The second-order valence-corrected chi connectivity index (χ2v) is 5.86. The van der Waals surface area contributed by atoms with E-state index in [0.717, 1.165) is 18.5 Å². The van der Waals surface area contributed by atoms with Gasteiger partial charge in [0.05, 0.1) is 0 Å². The SMILES string of the molecule is CC(C)CCN(C)C(CN)c1c(Cl)cccc1Cl. The first-order valence-corrected chi connectivity index (χ1v) is 7.07. The highest BCUT2D eigenvalue weighted by molar-refractivity contribution is 6.36. The Morgan fingerprint density at radius 1 is 1.22 bits per heavy atom. The Morgan fingerprint density at radius 2 is 1.78 bits per heavy atom. The van der Waals surface area contributed by atoms with Crippen molar-refractivity contribution in [3.05, 3.63) is 33.8 Å². The monoisotopic (exact) mass is 288 g/mol. The van der Waals surface area contributed by atoms with Crippen LogP contribution in [0.25, 0.3) is 0 Å². The van der Waals surface area contributed by atoms with E-state index in [1.54, 1.807) is 0 Å². The van der Waals surface area contributed by atoms with E-state index in [0.29, 0.717) is 22.5 Å². The largest absolute Gasteiger partial charge is 0.329 e. The molecule has 0 amide bonds. The average Bonchev–Trinajstić information content (AvgIpc) is 2.31. The van der Waals surface area contributed by atoms with E-state index in [1.807, 2.05) is 18.2 Å². The van der Waals surface area contributed by atoms with Crippen LogP contribution in [0.1, 0.15) is 31.9 Å². The van der Waals surface area contributed by atoms with Gasteiger partial charge in [-0.3, -0.25) is 4.90 Å². The van der Waals surface area contributed by atoms with Gasteiger partial charge in [-0.1, -0.05) is 43.1 Å². The molecule has 0 saturated carbocycles. The van der Waals surface area contributed by atoms with Gasteiger partial charge in [0, 0.05) is 28.2 Å². The molecule has 2 nitrogen and oxygen atoms in total. The van der Waals surface area contributed by atoms with E-state index in [9.17, 15) is 0 Å². The van der Waals surface area contributed by atoms with E-state index in [4.69, 9.17) is 28.9 Å². The molecule has 0 aliphatic heterocycles. The van der Waals surface area contributed by atoms with Crippen LogP contribution in [0.4, 0.5) is 0 Å². The van der Waals surface area contributed by atoms with Crippen LogP contribution in [0.3, 0.4) is 0 Å². The first-order chi connectivity index (χ1) is 8.47. The Balaban J connectivity index is 2.88. The highest BCUT2D eigenvalue weighted by Gasteiger charge is 2.20. The van der Waals surface area contributed by atoms with Gasteiger partial charge in [-0.25, -0.2) is 0 Å². The van der Waals surface area contributed by atoms with Crippen LogP contribution >= 0.6 is 23.2 Å². The normalized spacial score (nSPS) is 13.3. The van der Waals surface area contributed by atoms with E-state index >= 15 is 0 Å². The minimum absolute atomic E-state index is 0.0740. The van der Waals surface area contributed by atoms with Gasteiger partial charge in [0.15, 0.2) is 0 Å². The molecule has 0 aromatic heterocycles. The first-order valence-electron chi connectivity index (χ1n) is 6.31. The van der Waals surface area contributed by atoms with Crippen LogP contribution in [-0.2, 0) is 0 Å². The number of benzene rings is 1. The highest BCUT2D eigenvalue weighted by Crippen LogP contribution is 2.32. The van der Waals surface area contributed by atoms with Gasteiger partial charge in [0.1, 0.15) is 0 Å². The third-order valence-corrected chi connectivity index (χ3v) is 3.81. The molecule has 0 aliphatic rings. The molecule has 4 heteroatoms. The molecule has 1 unspecified atom stereocenters. The van der Waals surface area contributed by atoms with Crippen molar-refractivity contribution in [1.29, 1.82) is 0 Å². The fourth-order valence-electron chi connectivity index (χ4n) is 1.96. The van der Waals surface area contributed by atoms with Crippen LogP contribution in [-0.4, -0.2) is 25.0 Å². The smallest absolute Gasteiger partial charge is 0.0496 e. The van der Waals surface area contributed by atoms with Gasteiger partial charge < -0.3 is 5.73 Å². The number of halogens is 2. The predicted octanol–water partition coefficient (Wildman–Crippen LogP) is 3.97. The quantitative estimate of drug-likeness (QED) is 0.858. The van der Waals surface area contributed by atoms with Crippen molar-refractivity contribution in [2.24, 2.45) is 11.7 Å². The summed E-state index contributed by atoms with van der Waals surface area (Å²) in [4.78, 5) is 2.23. The molecular formula is C14H22Cl2N2. The van der Waals surface area contributed by atoms with Gasteiger partial charge in [-0.15, -0.1) is 0 Å². The maximum atomic E-state index is 6.24. The molecule has 0 heterocycles. The zero-order chi connectivity index (χ0) is 13.7. The van der Waals surface area contributed by atoms with E-state index in [2.05, 4.69) is 25.8 Å². The summed E-state index contributed by atoms with van der Waals surface area (Å²) in [6, 6.07) is 5.66. The number of hydrogen-bond donors (Lipinski definition) is 1. The average molecular weight is 289 g/mol. The molecule has 1 aromatic rings. The molecule has 1 aromatic carbocycles. The van der Waals surface area contributed by atoms with Crippen LogP contribution in [0, 0.1) is 5.92 Å². The van der Waals surface area contributed by atoms with Crippen molar-refractivity contribution in [3.63, 3.8) is 0 Å². The van der Waals surface area contributed by atoms with Crippen molar-refractivity contribution in [2.45, 2.75) is 26.3 Å². The van der Waals surface area contributed by atoms with Crippen molar-refractivity contribution < 1.29 is 0 Å². The minimum Gasteiger partial charge on any atom is -0.329 e. The Morgan fingerprint density at radius 3 is 2.22 bits per heavy atom. The van der Waals surface area contributed by atoms with Gasteiger partial charge in [0.25, 0.3) is 0 Å². The number of likely N-dealkylation sites (N-methyl/N-ethyl adjacent to an activating group) is 1. The molecule has 1 rings (SSSR count). The van der Waals surface area contributed by atoms with Crippen LogP contribution in [0.5, 0.6) is 0 Å². The van der Waals surface area contributed by atoms with Crippen LogP contribution in [0.15, 0.2) is 18.2 Å². The van der Waals surface area contributed by atoms with Crippen LogP contribution < -0.4 is 5.73 Å². The number of nitrogens with two attached hydrogens (primary N) is 1. The summed E-state index contributed by atoms with van der Waals surface area (Å²) in [6.07, 6.45) is 1.13. The van der Waals surface area contributed by atoms with Gasteiger partial charge in [0.2, 0.25) is 0 Å². The molecule has 0 aliphatic carbocycles. The fraction of sp³-hybridized carbons (Fsp3) is 0.571. The predicted molar refractivity (Wildman–Crippen MR) is 80.3 cm³/mol. The zero-order valence-electron chi connectivity index (χ0n) is 11.3. The van der Waals surface area contributed by atoms with Crippen LogP contribution in [0.2, 0.25) is 10.0 Å². The molecule has 0 spiro atoms. The first kappa shape index (κ1) is 15.8. The lowest BCUT2D eigenvalue weighted by Crippen LogP contribution is -2.32. The molecule has 0 bridgehead atoms. The molecule has 102 valence electrons. The summed E-state index contributed by atoms with van der Waals surface area (Å²) in [5.41, 5.74) is 6.83. The van der Waals surface area contributed by atoms with Gasteiger partial charge in [-0.2, -0.15) is 0 Å². The maximum absolute atomic E-state index is 6.24. The molecule has 2 N–H and O–H groups in total. The Bertz CT molecular complexity index is 360. The minimum atomic E-state index is 0.0740. The summed E-state index contributed by atoms with van der Waals surface area (Å²) < 4.78 is 0. The lowest BCUT2D eigenvalue weighted by atomic mass is 10.0. The zero-order valence-corrected chi connectivity index (χ0v) is 12.8. The third-order valence-electron chi connectivity index (χ3n) is 3.15. The summed E-state index contributed by atoms with van der Waals surface area (Å²) in [5.74, 6) is 0.674. The molecule has 0 fully saturated rings. The third kappa shape index (κ3) is 4.13. The van der Waals surface area contributed by atoms with Crippen molar-refractivity contribution >= 4 is 23.2 Å². The standard InChI is InChI=1S/C14H22Cl2N2/c1-10(2)7-8-18(3)13(9-17)14-11(15)5-4-6-12(14)16/h4-6,10,13H,7-9,17H2,1-3H3.